The van der Waals surface area contributed by atoms with Crippen molar-refractivity contribution in [2.24, 2.45) is 0 Å². The number of nitrogens with one attached hydrogen (secondary N) is 1. The second-order valence-electron chi connectivity index (χ2n) is 7.43. The zero-order valence-electron chi connectivity index (χ0n) is 16.7. The van der Waals surface area contributed by atoms with Crippen LogP contribution in [0.5, 0.6) is 0 Å². The number of ketones is 1. The molecule has 3 aromatic rings. The molecule has 1 unspecified atom stereocenters. The average Bonchev–Trinajstić information content (AvgIpc) is 2.98. The predicted molar refractivity (Wildman–Crippen MR) is 117 cm³/mol. The number of nitrogens with zero attached hydrogens (tertiary/aromatic N) is 3. The quantitative estimate of drug-likeness (QED) is 0.580. The lowest BCUT2D eigenvalue weighted by atomic mass is 10.0. The fourth-order valence-corrected chi connectivity index (χ4v) is 4.06. The van der Waals surface area contributed by atoms with Gasteiger partial charge >= 0.3 is 0 Å². The molecule has 8 heteroatoms. The Bertz CT molecular complexity index is 1170. The zero-order valence-corrected chi connectivity index (χ0v) is 18.3. The Morgan fingerprint density at radius 3 is 2.70 bits per heavy atom. The van der Waals surface area contributed by atoms with Crippen LogP contribution in [0.25, 0.3) is 10.9 Å². The second-order valence-corrected chi connectivity index (χ2v) is 8.35. The number of anilines is 1. The van der Waals surface area contributed by atoms with E-state index in [-0.39, 0.29) is 24.1 Å². The van der Waals surface area contributed by atoms with Gasteiger partial charge in [-0.3, -0.25) is 14.4 Å². The molecule has 2 aromatic heterocycles. The molecule has 1 N–H and O–H groups in total. The number of hydrogen-bond acceptors (Lipinski definition) is 4. The summed E-state index contributed by atoms with van der Waals surface area (Å²) in [7, 11) is 0. The lowest BCUT2D eigenvalue weighted by molar-refractivity contribution is -0.145. The van der Waals surface area contributed by atoms with Crippen molar-refractivity contribution in [1.82, 2.24) is 14.5 Å². The minimum absolute atomic E-state index is 0.0591. The van der Waals surface area contributed by atoms with E-state index in [9.17, 15) is 14.4 Å². The van der Waals surface area contributed by atoms with E-state index in [1.54, 1.807) is 21.7 Å². The van der Waals surface area contributed by atoms with E-state index in [1.165, 1.54) is 6.92 Å². The molecule has 154 valence electrons. The largest absolute Gasteiger partial charge is 0.337 e. The number of aryl methyl sites for hydroxylation is 1. The molecule has 0 bridgehead atoms. The maximum absolute atomic E-state index is 12.9. The molecule has 0 spiro atoms. The van der Waals surface area contributed by atoms with Crippen molar-refractivity contribution in [3.8, 4) is 0 Å². The van der Waals surface area contributed by atoms with E-state index in [4.69, 9.17) is 0 Å². The molecule has 2 amide bonds. The first kappa shape index (κ1) is 20.3. The molecule has 1 aliphatic rings. The maximum atomic E-state index is 12.9. The number of amides is 2. The van der Waals surface area contributed by atoms with Crippen LogP contribution in [0.15, 0.2) is 47.1 Å². The first-order valence-electron chi connectivity index (χ1n) is 9.67. The van der Waals surface area contributed by atoms with Gasteiger partial charge < -0.3 is 14.8 Å². The van der Waals surface area contributed by atoms with Gasteiger partial charge in [-0.15, -0.1) is 0 Å². The third-order valence-corrected chi connectivity index (χ3v) is 5.80. The molecule has 1 aliphatic heterocycles. The van der Waals surface area contributed by atoms with Gasteiger partial charge in [0.15, 0.2) is 5.78 Å². The topological polar surface area (TPSA) is 84.3 Å². The summed E-state index contributed by atoms with van der Waals surface area (Å²) in [5.41, 5.74) is 2.19. The number of hydrogen-bond donors (Lipinski definition) is 1. The molecule has 0 aliphatic carbocycles. The third kappa shape index (κ3) is 3.87. The van der Waals surface area contributed by atoms with E-state index in [1.807, 2.05) is 37.3 Å². The number of Topliss-reactive ketones (excluding diaryl/α,β-unsaturated/α-hetero) is 1. The van der Waals surface area contributed by atoms with Crippen LogP contribution >= 0.6 is 15.9 Å². The predicted octanol–water partition coefficient (Wildman–Crippen LogP) is 3.55. The van der Waals surface area contributed by atoms with Gasteiger partial charge in [-0.1, -0.05) is 22.0 Å². The van der Waals surface area contributed by atoms with Crippen molar-refractivity contribution in [3.63, 3.8) is 0 Å². The van der Waals surface area contributed by atoms with Crippen molar-refractivity contribution in [3.05, 3.63) is 58.3 Å². The highest BCUT2D eigenvalue weighted by atomic mass is 79.9. The van der Waals surface area contributed by atoms with Crippen LogP contribution in [0.1, 0.15) is 29.4 Å². The second kappa shape index (κ2) is 8.02. The molecule has 1 atom stereocenters. The Hall–Kier alpha value is -3.00. The van der Waals surface area contributed by atoms with Crippen LogP contribution in [-0.4, -0.2) is 44.6 Å². The minimum atomic E-state index is -0.511. The van der Waals surface area contributed by atoms with Gasteiger partial charge in [-0.05, 0) is 50.6 Å². The van der Waals surface area contributed by atoms with Crippen LogP contribution in [-0.2, 0) is 16.1 Å². The van der Waals surface area contributed by atoms with Gasteiger partial charge in [0.1, 0.15) is 18.4 Å². The summed E-state index contributed by atoms with van der Waals surface area (Å²) in [5, 5.41) is 3.59. The van der Waals surface area contributed by atoms with E-state index in [2.05, 4.69) is 26.2 Å². The normalized spacial score (nSPS) is 15.7. The number of likely N-dealkylation sites (tertiary alicyclic amines) is 1. The lowest BCUT2D eigenvalue weighted by Gasteiger charge is -2.39. The summed E-state index contributed by atoms with van der Waals surface area (Å²) in [6.45, 7) is 3.96. The van der Waals surface area contributed by atoms with E-state index in [0.717, 1.165) is 21.1 Å². The third-order valence-electron chi connectivity index (χ3n) is 5.31. The van der Waals surface area contributed by atoms with Crippen LogP contribution in [0.4, 0.5) is 5.82 Å². The molecule has 1 fully saturated rings. The first-order valence-corrected chi connectivity index (χ1v) is 10.5. The number of carbonyl (C=O) groups is 3. The van der Waals surface area contributed by atoms with Gasteiger partial charge in [0.05, 0.1) is 0 Å². The van der Waals surface area contributed by atoms with Crippen LogP contribution in [0, 0.1) is 6.92 Å². The van der Waals surface area contributed by atoms with Gasteiger partial charge in [0.25, 0.3) is 0 Å². The molecular formula is C22H21BrN4O3. The highest BCUT2D eigenvalue weighted by molar-refractivity contribution is 9.10. The summed E-state index contributed by atoms with van der Waals surface area (Å²) in [6, 6.07) is 10.5. The molecule has 0 radical (unpaired) electrons. The van der Waals surface area contributed by atoms with Gasteiger partial charge in [-0.2, -0.15) is 0 Å². The molecule has 4 rings (SSSR count). The Kier molecular flexibility index (Phi) is 5.42. The Balaban J connectivity index is 1.50. The Morgan fingerprint density at radius 2 is 2.03 bits per heavy atom. The number of fused-ring (bicyclic) bond motifs is 1. The molecule has 1 saturated heterocycles. The number of pyridine rings is 1. The monoisotopic (exact) mass is 468 g/mol. The maximum Gasteiger partial charge on any atom is 0.248 e. The SMILES string of the molecule is CC(=O)c1cn(CC(=O)N2CCC2C(=O)Nc2cccc(C)n2)c2ccc(Br)cc12. The zero-order chi connectivity index (χ0) is 21.4. The number of carbonyl (C=O) groups excluding carboxylic acids is 3. The summed E-state index contributed by atoms with van der Waals surface area (Å²) < 4.78 is 2.64. The van der Waals surface area contributed by atoms with E-state index < -0.39 is 6.04 Å². The van der Waals surface area contributed by atoms with Crippen LogP contribution < -0.4 is 5.32 Å². The number of benzene rings is 1. The molecule has 1 aromatic carbocycles. The van der Waals surface area contributed by atoms with Crippen molar-refractivity contribution in [1.29, 1.82) is 0 Å². The van der Waals surface area contributed by atoms with Crippen molar-refractivity contribution in [2.45, 2.75) is 32.9 Å². The average molecular weight is 469 g/mol. The van der Waals surface area contributed by atoms with Crippen molar-refractivity contribution in [2.75, 3.05) is 11.9 Å². The van der Waals surface area contributed by atoms with Crippen LogP contribution in [0.2, 0.25) is 0 Å². The summed E-state index contributed by atoms with van der Waals surface area (Å²) >= 11 is 3.43. The molecule has 0 saturated carbocycles. The number of aromatic nitrogens is 2. The molecule has 3 heterocycles. The van der Waals surface area contributed by atoms with Crippen molar-refractivity contribution >= 4 is 50.2 Å². The lowest BCUT2D eigenvalue weighted by Crippen LogP contribution is -2.57. The van der Waals surface area contributed by atoms with Gasteiger partial charge in [0, 0.05) is 39.4 Å². The van der Waals surface area contributed by atoms with E-state index >= 15 is 0 Å². The van der Waals surface area contributed by atoms with Crippen LogP contribution in [0.3, 0.4) is 0 Å². The van der Waals surface area contributed by atoms with Gasteiger partial charge in [-0.25, -0.2) is 4.98 Å². The van der Waals surface area contributed by atoms with Crippen molar-refractivity contribution < 1.29 is 14.4 Å². The fourth-order valence-electron chi connectivity index (χ4n) is 3.70. The minimum Gasteiger partial charge on any atom is -0.337 e. The molecule has 30 heavy (non-hydrogen) atoms. The number of halogens is 1. The smallest absolute Gasteiger partial charge is 0.248 e. The summed E-state index contributed by atoms with van der Waals surface area (Å²) in [6.07, 6.45) is 2.32. The number of rotatable bonds is 5. The summed E-state index contributed by atoms with van der Waals surface area (Å²) in [4.78, 5) is 43.4. The highest BCUT2D eigenvalue weighted by Gasteiger charge is 2.37. The first-order chi connectivity index (χ1) is 14.3. The molecule has 7 nitrogen and oxygen atoms in total. The van der Waals surface area contributed by atoms with E-state index in [0.29, 0.717) is 24.3 Å². The standard InChI is InChI=1S/C22H21BrN4O3/c1-13-4-3-5-20(24-13)25-22(30)19-8-9-27(19)21(29)12-26-11-17(14(2)28)16-10-15(23)6-7-18(16)26/h3-7,10-11,19H,8-9,12H2,1-2H3,(H,24,25,30). The Labute approximate surface area is 182 Å². The summed E-state index contributed by atoms with van der Waals surface area (Å²) in [5.74, 6) is 0.0236. The van der Waals surface area contributed by atoms with Gasteiger partial charge in [0.2, 0.25) is 11.8 Å². The molecular weight excluding hydrogens is 448 g/mol. The fraction of sp³-hybridized carbons (Fsp3) is 0.273. The Morgan fingerprint density at radius 1 is 1.23 bits per heavy atom. The highest BCUT2D eigenvalue weighted by Crippen LogP contribution is 2.27.